The summed E-state index contributed by atoms with van der Waals surface area (Å²) in [6.07, 6.45) is 0. The van der Waals surface area contributed by atoms with E-state index in [1.54, 1.807) is 34.3 Å². The molecule has 2 aromatic carbocycles. The van der Waals surface area contributed by atoms with Crippen LogP contribution in [0, 0.1) is 0 Å². The number of fused-ring (bicyclic) bond motifs is 1. The van der Waals surface area contributed by atoms with E-state index in [1.165, 1.54) is 11.5 Å². The standard InChI is InChI=1S/C14H8ClNO2S/c15-13(17)9-5-7-10(8-6-9)16-14(18)11-3-1-2-4-12(11)19-16/h1-8H. The lowest BCUT2D eigenvalue weighted by molar-refractivity contribution is 0.108. The fourth-order valence-electron chi connectivity index (χ4n) is 1.87. The molecule has 0 amide bonds. The lowest BCUT2D eigenvalue weighted by Gasteiger charge is -2.00. The molecule has 0 atom stereocenters. The number of carbonyl (C=O) groups excluding carboxylic acids is 1. The highest BCUT2D eigenvalue weighted by atomic mass is 35.5. The van der Waals surface area contributed by atoms with Crippen LogP contribution in [0.2, 0.25) is 0 Å². The summed E-state index contributed by atoms with van der Waals surface area (Å²) in [5, 5.41) is 0.195. The maximum absolute atomic E-state index is 12.2. The number of aromatic nitrogens is 1. The fourth-order valence-corrected chi connectivity index (χ4v) is 2.99. The first kappa shape index (κ1) is 12.1. The normalized spacial score (nSPS) is 10.8. The maximum Gasteiger partial charge on any atom is 0.273 e. The van der Waals surface area contributed by atoms with Crippen molar-refractivity contribution >= 4 is 38.5 Å². The summed E-state index contributed by atoms with van der Waals surface area (Å²) in [6, 6.07) is 14.1. The number of hydrogen-bond donors (Lipinski definition) is 0. The third-order valence-electron chi connectivity index (χ3n) is 2.82. The topological polar surface area (TPSA) is 39.1 Å². The van der Waals surface area contributed by atoms with Crippen molar-refractivity contribution in [1.82, 2.24) is 3.96 Å². The Balaban J connectivity index is 2.16. The van der Waals surface area contributed by atoms with Crippen molar-refractivity contribution in [2.75, 3.05) is 0 Å². The molecule has 3 aromatic rings. The van der Waals surface area contributed by atoms with Crippen molar-refractivity contribution < 1.29 is 4.79 Å². The first-order chi connectivity index (χ1) is 9.16. The molecule has 0 spiro atoms. The summed E-state index contributed by atoms with van der Waals surface area (Å²) < 4.78 is 2.54. The lowest BCUT2D eigenvalue weighted by Crippen LogP contribution is -2.10. The van der Waals surface area contributed by atoms with Crippen molar-refractivity contribution in [3.8, 4) is 5.69 Å². The Kier molecular flexibility index (Phi) is 2.97. The van der Waals surface area contributed by atoms with Crippen LogP contribution in [0.15, 0.2) is 53.3 Å². The monoisotopic (exact) mass is 289 g/mol. The average Bonchev–Trinajstić information content (AvgIpc) is 2.77. The molecule has 5 heteroatoms. The minimum Gasteiger partial charge on any atom is -0.276 e. The molecule has 0 unspecified atom stereocenters. The van der Waals surface area contributed by atoms with Gasteiger partial charge in [0.25, 0.3) is 10.8 Å². The summed E-state index contributed by atoms with van der Waals surface area (Å²) in [5.41, 5.74) is 1.10. The molecule has 0 bridgehead atoms. The second-order valence-corrected chi connectivity index (χ2v) is 5.34. The van der Waals surface area contributed by atoms with Gasteiger partial charge in [0, 0.05) is 5.56 Å². The third kappa shape index (κ3) is 2.09. The van der Waals surface area contributed by atoms with E-state index in [0.29, 0.717) is 10.9 Å². The number of rotatable bonds is 2. The smallest absolute Gasteiger partial charge is 0.273 e. The SMILES string of the molecule is O=C(Cl)c1ccc(-n2sc3ccccc3c2=O)cc1. The minimum absolute atomic E-state index is 0.0504. The van der Waals surface area contributed by atoms with Crippen LogP contribution < -0.4 is 5.56 Å². The van der Waals surface area contributed by atoms with Gasteiger partial charge in [0.2, 0.25) is 0 Å². The minimum atomic E-state index is -0.504. The molecule has 0 fully saturated rings. The highest BCUT2D eigenvalue weighted by Gasteiger charge is 2.09. The first-order valence-corrected chi connectivity index (χ1v) is 6.73. The fraction of sp³-hybridized carbons (Fsp3) is 0. The van der Waals surface area contributed by atoms with Crippen molar-refractivity contribution in [1.29, 1.82) is 0 Å². The highest BCUT2D eigenvalue weighted by molar-refractivity contribution is 7.14. The van der Waals surface area contributed by atoms with E-state index in [9.17, 15) is 9.59 Å². The van der Waals surface area contributed by atoms with E-state index in [1.807, 2.05) is 18.2 Å². The van der Waals surface area contributed by atoms with Gasteiger partial charge in [-0.25, -0.2) is 3.96 Å². The van der Waals surface area contributed by atoms with Crippen LogP contribution in [0.5, 0.6) is 0 Å². The van der Waals surface area contributed by atoms with Gasteiger partial charge in [0.15, 0.2) is 0 Å². The van der Waals surface area contributed by atoms with Gasteiger partial charge in [0.05, 0.1) is 15.8 Å². The Morgan fingerprint density at radius 3 is 2.37 bits per heavy atom. The number of halogens is 1. The zero-order valence-electron chi connectivity index (χ0n) is 9.67. The van der Waals surface area contributed by atoms with E-state index in [0.717, 1.165) is 10.4 Å². The van der Waals surface area contributed by atoms with Crippen LogP contribution in [0.4, 0.5) is 0 Å². The zero-order chi connectivity index (χ0) is 13.4. The van der Waals surface area contributed by atoms with Gasteiger partial charge >= 0.3 is 0 Å². The molecule has 3 rings (SSSR count). The Morgan fingerprint density at radius 2 is 1.74 bits per heavy atom. The van der Waals surface area contributed by atoms with Gasteiger partial charge in [-0.1, -0.05) is 23.7 Å². The van der Waals surface area contributed by atoms with E-state index >= 15 is 0 Å². The van der Waals surface area contributed by atoms with Crippen LogP contribution in [0.25, 0.3) is 15.8 Å². The Hall–Kier alpha value is -1.91. The van der Waals surface area contributed by atoms with Crippen LogP contribution in [0.3, 0.4) is 0 Å². The molecule has 3 nitrogen and oxygen atoms in total. The highest BCUT2D eigenvalue weighted by Crippen LogP contribution is 2.20. The molecule has 0 saturated carbocycles. The van der Waals surface area contributed by atoms with Gasteiger partial charge in [-0.15, -0.1) is 0 Å². The summed E-state index contributed by atoms with van der Waals surface area (Å²) in [4.78, 5) is 23.2. The van der Waals surface area contributed by atoms with E-state index in [-0.39, 0.29) is 5.56 Å². The van der Waals surface area contributed by atoms with E-state index in [4.69, 9.17) is 11.6 Å². The zero-order valence-corrected chi connectivity index (χ0v) is 11.2. The molecular formula is C14H8ClNO2S. The van der Waals surface area contributed by atoms with Crippen molar-refractivity contribution in [3.05, 3.63) is 64.4 Å². The average molecular weight is 290 g/mol. The van der Waals surface area contributed by atoms with Gasteiger partial charge in [-0.05, 0) is 48.0 Å². The Labute approximate surface area is 117 Å². The lowest BCUT2D eigenvalue weighted by atomic mass is 10.2. The van der Waals surface area contributed by atoms with Crippen molar-refractivity contribution in [2.45, 2.75) is 0 Å². The molecule has 1 aromatic heterocycles. The second-order valence-electron chi connectivity index (χ2n) is 4.01. The second kappa shape index (κ2) is 4.64. The summed E-state index contributed by atoms with van der Waals surface area (Å²) >= 11 is 6.77. The largest absolute Gasteiger partial charge is 0.276 e. The molecule has 0 aliphatic heterocycles. The molecule has 0 aliphatic carbocycles. The van der Waals surface area contributed by atoms with Gasteiger partial charge in [-0.2, -0.15) is 0 Å². The molecule has 0 aliphatic rings. The molecular weight excluding hydrogens is 282 g/mol. The van der Waals surface area contributed by atoms with Gasteiger partial charge in [-0.3, -0.25) is 9.59 Å². The van der Waals surface area contributed by atoms with Crippen molar-refractivity contribution in [3.63, 3.8) is 0 Å². The van der Waals surface area contributed by atoms with E-state index in [2.05, 4.69) is 0 Å². The predicted molar refractivity (Wildman–Crippen MR) is 77.6 cm³/mol. The van der Waals surface area contributed by atoms with E-state index < -0.39 is 5.24 Å². The summed E-state index contributed by atoms with van der Waals surface area (Å²) in [6.45, 7) is 0. The molecule has 0 radical (unpaired) electrons. The number of benzene rings is 2. The Morgan fingerprint density at radius 1 is 1.05 bits per heavy atom. The molecule has 0 N–H and O–H groups in total. The third-order valence-corrected chi connectivity index (χ3v) is 4.15. The van der Waals surface area contributed by atoms with Crippen molar-refractivity contribution in [2.24, 2.45) is 0 Å². The summed E-state index contributed by atoms with van der Waals surface area (Å²) in [5.74, 6) is 0. The molecule has 1 heterocycles. The predicted octanol–water partition coefficient (Wildman–Crippen LogP) is 3.43. The molecule has 94 valence electrons. The maximum atomic E-state index is 12.2. The van der Waals surface area contributed by atoms with Gasteiger partial charge in [0.1, 0.15) is 0 Å². The van der Waals surface area contributed by atoms with Crippen LogP contribution in [-0.4, -0.2) is 9.20 Å². The van der Waals surface area contributed by atoms with Gasteiger partial charge < -0.3 is 0 Å². The Bertz CT molecular complexity index is 817. The van der Waals surface area contributed by atoms with Crippen LogP contribution in [-0.2, 0) is 0 Å². The van der Waals surface area contributed by atoms with Crippen LogP contribution >= 0.6 is 23.1 Å². The quantitative estimate of drug-likeness (QED) is 0.678. The molecule has 0 saturated heterocycles. The number of carbonyl (C=O) groups is 1. The first-order valence-electron chi connectivity index (χ1n) is 5.58. The van der Waals surface area contributed by atoms with Crippen LogP contribution in [0.1, 0.15) is 10.4 Å². The number of nitrogens with zero attached hydrogens (tertiary/aromatic N) is 1. The number of hydrogen-bond acceptors (Lipinski definition) is 3. The molecule has 19 heavy (non-hydrogen) atoms. The summed E-state index contributed by atoms with van der Waals surface area (Å²) in [7, 11) is 0.